The molecule has 0 saturated carbocycles. The van der Waals surface area contributed by atoms with Crippen LogP contribution in [0.2, 0.25) is 0 Å². The third-order valence-electron chi connectivity index (χ3n) is 2.79. The van der Waals surface area contributed by atoms with Gasteiger partial charge in [-0.2, -0.15) is 0 Å². The summed E-state index contributed by atoms with van der Waals surface area (Å²) in [5, 5.41) is 0. The third-order valence-corrected chi connectivity index (χ3v) is 2.79. The molecule has 1 aromatic heterocycles. The molecule has 90 valence electrons. The highest BCUT2D eigenvalue weighted by atomic mass is 16.3. The Morgan fingerprint density at radius 1 is 1.29 bits per heavy atom. The standard InChI is InChI=1S/C13H16N2O2/c1-11-3-4-13(17-11)12(16)5-6-15-9-7-14(2)8-10-15/h3-4H,7-10H2,1-2H3. The molecule has 2 rings (SSSR count). The average Bonchev–Trinajstić information content (AvgIpc) is 2.75. The molecule has 2 heterocycles. The summed E-state index contributed by atoms with van der Waals surface area (Å²) in [5.41, 5.74) is 0. The van der Waals surface area contributed by atoms with E-state index in [9.17, 15) is 4.79 Å². The smallest absolute Gasteiger partial charge is 0.272 e. The van der Waals surface area contributed by atoms with Crippen molar-refractivity contribution in [1.82, 2.24) is 9.80 Å². The van der Waals surface area contributed by atoms with Gasteiger partial charge in [-0.15, -0.1) is 0 Å². The summed E-state index contributed by atoms with van der Waals surface area (Å²) < 4.78 is 5.22. The zero-order valence-electron chi connectivity index (χ0n) is 10.2. The number of ketones is 1. The maximum Gasteiger partial charge on any atom is 0.272 e. The third kappa shape index (κ3) is 3.11. The van der Waals surface area contributed by atoms with Crippen LogP contribution < -0.4 is 0 Å². The van der Waals surface area contributed by atoms with Gasteiger partial charge in [-0.3, -0.25) is 4.79 Å². The van der Waals surface area contributed by atoms with E-state index in [1.165, 1.54) is 0 Å². The lowest BCUT2D eigenvalue weighted by atomic mass is 10.3. The Labute approximate surface area is 101 Å². The Bertz CT molecular complexity index is 459. The quantitative estimate of drug-likeness (QED) is 0.534. The van der Waals surface area contributed by atoms with Crippen LogP contribution in [0.1, 0.15) is 16.3 Å². The lowest BCUT2D eigenvalue weighted by Crippen LogP contribution is -2.42. The fourth-order valence-electron chi connectivity index (χ4n) is 1.67. The summed E-state index contributed by atoms with van der Waals surface area (Å²) in [6.45, 7) is 5.55. The molecule has 1 saturated heterocycles. The molecule has 4 heteroatoms. The van der Waals surface area contributed by atoms with Crippen LogP contribution in [-0.4, -0.2) is 48.8 Å². The van der Waals surface area contributed by atoms with Crippen molar-refractivity contribution in [2.45, 2.75) is 6.92 Å². The monoisotopic (exact) mass is 232 g/mol. The van der Waals surface area contributed by atoms with E-state index in [1.54, 1.807) is 12.1 Å². The number of furan rings is 1. The van der Waals surface area contributed by atoms with Gasteiger partial charge in [0.2, 0.25) is 0 Å². The number of likely N-dealkylation sites (N-methyl/N-ethyl adjacent to an activating group) is 1. The molecule has 0 aromatic carbocycles. The zero-order chi connectivity index (χ0) is 12.3. The number of rotatable bonds is 1. The van der Waals surface area contributed by atoms with Gasteiger partial charge in [-0.05, 0) is 26.1 Å². The molecule has 0 bridgehead atoms. The van der Waals surface area contributed by atoms with E-state index in [0.29, 0.717) is 5.76 Å². The predicted molar refractivity (Wildman–Crippen MR) is 64.6 cm³/mol. The van der Waals surface area contributed by atoms with Crippen LogP contribution in [0.25, 0.3) is 0 Å². The highest BCUT2D eigenvalue weighted by Crippen LogP contribution is 2.06. The SMILES string of the molecule is Cc1ccc(C(=O)C#CN2CCN(C)CC2)o1. The maximum absolute atomic E-state index is 11.7. The summed E-state index contributed by atoms with van der Waals surface area (Å²) in [7, 11) is 2.08. The average molecular weight is 232 g/mol. The Morgan fingerprint density at radius 2 is 2.00 bits per heavy atom. The van der Waals surface area contributed by atoms with E-state index in [0.717, 1.165) is 31.9 Å². The minimum atomic E-state index is -0.253. The summed E-state index contributed by atoms with van der Waals surface area (Å²) in [6.07, 6.45) is 0. The Kier molecular flexibility index (Phi) is 3.50. The van der Waals surface area contributed by atoms with Gasteiger partial charge < -0.3 is 14.2 Å². The normalized spacial score (nSPS) is 16.5. The molecule has 1 fully saturated rings. The van der Waals surface area contributed by atoms with E-state index >= 15 is 0 Å². The molecule has 4 nitrogen and oxygen atoms in total. The van der Waals surface area contributed by atoms with E-state index in [4.69, 9.17) is 4.42 Å². The fourth-order valence-corrected chi connectivity index (χ4v) is 1.67. The van der Waals surface area contributed by atoms with Gasteiger partial charge in [0.1, 0.15) is 5.76 Å². The summed E-state index contributed by atoms with van der Waals surface area (Å²) in [5.74, 6) is 3.42. The largest absolute Gasteiger partial charge is 0.457 e. The maximum atomic E-state index is 11.7. The van der Waals surface area contributed by atoms with Gasteiger partial charge >= 0.3 is 0 Å². The lowest BCUT2D eigenvalue weighted by Gasteiger charge is -2.29. The summed E-state index contributed by atoms with van der Waals surface area (Å²) in [6, 6.07) is 6.33. The van der Waals surface area contributed by atoms with Gasteiger partial charge in [0, 0.05) is 38.1 Å². The number of carbonyl (C=O) groups excluding carboxylic acids is 1. The minimum absolute atomic E-state index is 0.253. The van der Waals surface area contributed by atoms with Crippen LogP contribution in [0.3, 0.4) is 0 Å². The Morgan fingerprint density at radius 3 is 2.59 bits per heavy atom. The van der Waals surface area contributed by atoms with Crippen LogP contribution in [0.5, 0.6) is 0 Å². The zero-order valence-corrected chi connectivity index (χ0v) is 10.2. The van der Waals surface area contributed by atoms with Crippen molar-refractivity contribution in [2.75, 3.05) is 33.2 Å². The van der Waals surface area contributed by atoms with Crippen molar-refractivity contribution in [1.29, 1.82) is 0 Å². The topological polar surface area (TPSA) is 36.7 Å². The first-order chi connectivity index (χ1) is 8.15. The number of aryl methyl sites for hydroxylation is 1. The molecule has 0 unspecified atom stereocenters. The van der Waals surface area contributed by atoms with Crippen LogP contribution in [0.4, 0.5) is 0 Å². The summed E-state index contributed by atoms with van der Waals surface area (Å²) >= 11 is 0. The predicted octanol–water partition coefficient (Wildman–Crippen LogP) is 0.979. The first kappa shape index (κ1) is 11.7. The molecular weight excluding hydrogens is 216 g/mol. The highest BCUT2D eigenvalue weighted by molar-refractivity contribution is 6.07. The first-order valence-electron chi connectivity index (χ1n) is 5.71. The van der Waals surface area contributed by atoms with Crippen molar-refractivity contribution in [2.24, 2.45) is 0 Å². The molecule has 0 atom stereocenters. The molecule has 17 heavy (non-hydrogen) atoms. The minimum Gasteiger partial charge on any atom is -0.457 e. The lowest BCUT2D eigenvalue weighted by molar-refractivity contribution is 0.102. The van der Waals surface area contributed by atoms with E-state index in [1.807, 2.05) is 11.8 Å². The number of hydrogen-bond acceptors (Lipinski definition) is 4. The molecule has 0 aliphatic carbocycles. The van der Waals surface area contributed by atoms with Gasteiger partial charge in [0.05, 0.1) is 0 Å². The van der Waals surface area contributed by atoms with Crippen molar-refractivity contribution in [3.8, 4) is 12.0 Å². The van der Waals surface area contributed by atoms with Crippen molar-refractivity contribution >= 4 is 5.78 Å². The molecule has 0 N–H and O–H groups in total. The molecule has 1 aliphatic heterocycles. The van der Waals surface area contributed by atoms with Gasteiger partial charge in [-0.25, -0.2) is 0 Å². The van der Waals surface area contributed by atoms with Crippen molar-refractivity contribution in [3.63, 3.8) is 0 Å². The number of piperazine rings is 1. The van der Waals surface area contributed by atoms with Crippen LogP contribution in [0, 0.1) is 18.9 Å². The Balaban J connectivity index is 1.95. The second kappa shape index (κ2) is 5.07. The second-order valence-electron chi connectivity index (χ2n) is 4.27. The number of Topliss-reactive ketones (excluding diaryl/α,β-unsaturated/α-hetero) is 1. The Hall–Kier alpha value is -1.73. The summed E-state index contributed by atoms with van der Waals surface area (Å²) in [4.78, 5) is 15.9. The van der Waals surface area contributed by atoms with E-state index in [-0.39, 0.29) is 5.78 Å². The molecule has 0 radical (unpaired) electrons. The molecule has 0 amide bonds. The van der Waals surface area contributed by atoms with E-state index < -0.39 is 0 Å². The van der Waals surface area contributed by atoms with Gasteiger partial charge in [0.25, 0.3) is 5.78 Å². The first-order valence-corrected chi connectivity index (χ1v) is 5.71. The number of hydrogen-bond donors (Lipinski definition) is 0. The molecule has 0 spiro atoms. The van der Waals surface area contributed by atoms with Crippen LogP contribution in [0.15, 0.2) is 16.5 Å². The molecule has 1 aliphatic rings. The van der Waals surface area contributed by atoms with Crippen molar-refractivity contribution < 1.29 is 9.21 Å². The molecule has 1 aromatic rings. The van der Waals surface area contributed by atoms with Gasteiger partial charge in [0.15, 0.2) is 5.76 Å². The fraction of sp³-hybridized carbons (Fsp3) is 0.462. The van der Waals surface area contributed by atoms with Crippen LogP contribution >= 0.6 is 0 Å². The van der Waals surface area contributed by atoms with Crippen molar-refractivity contribution in [3.05, 3.63) is 23.7 Å². The van der Waals surface area contributed by atoms with Crippen LogP contribution in [-0.2, 0) is 0 Å². The highest BCUT2D eigenvalue weighted by Gasteiger charge is 2.11. The van der Waals surface area contributed by atoms with E-state index in [2.05, 4.69) is 23.9 Å². The van der Waals surface area contributed by atoms with Gasteiger partial charge in [-0.1, -0.05) is 0 Å². The molecular formula is C13H16N2O2. The number of carbonyl (C=O) groups is 1. The number of nitrogens with zero attached hydrogens (tertiary/aromatic N) is 2. The second-order valence-corrected chi connectivity index (χ2v) is 4.27.